The second-order valence-electron chi connectivity index (χ2n) is 4.51. The van der Waals surface area contributed by atoms with Crippen molar-refractivity contribution in [3.63, 3.8) is 0 Å². The van der Waals surface area contributed by atoms with Gasteiger partial charge in [-0.3, -0.25) is 0 Å². The maximum atomic E-state index is 9.10. The molecule has 0 spiro atoms. The van der Waals surface area contributed by atoms with Crippen molar-refractivity contribution in [1.82, 2.24) is 0 Å². The van der Waals surface area contributed by atoms with Crippen molar-refractivity contribution in [3.05, 3.63) is 58.7 Å². The molecule has 2 aromatic carbocycles. The van der Waals surface area contributed by atoms with Gasteiger partial charge in [0, 0.05) is 0 Å². The van der Waals surface area contributed by atoms with Crippen molar-refractivity contribution in [2.45, 2.75) is 41.5 Å². The van der Waals surface area contributed by atoms with Gasteiger partial charge in [-0.25, -0.2) is 0 Å². The van der Waals surface area contributed by atoms with Crippen LogP contribution in [0.5, 0.6) is 11.5 Å². The lowest BCUT2D eigenvalue weighted by molar-refractivity contribution is 0.470. The first kappa shape index (κ1) is 18.0. The average molecular weight is 274 g/mol. The molecule has 2 N–H and O–H groups in total. The molecule has 0 radical (unpaired) electrons. The maximum absolute atomic E-state index is 9.10. The summed E-state index contributed by atoms with van der Waals surface area (Å²) >= 11 is 0. The number of aromatic hydroxyl groups is 2. The van der Waals surface area contributed by atoms with Crippen LogP contribution < -0.4 is 0 Å². The van der Waals surface area contributed by atoms with Crippen LogP contribution in [0.1, 0.15) is 36.1 Å². The van der Waals surface area contributed by atoms with Crippen LogP contribution in [0.3, 0.4) is 0 Å². The van der Waals surface area contributed by atoms with Gasteiger partial charge in [0.25, 0.3) is 0 Å². The van der Waals surface area contributed by atoms with Gasteiger partial charge >= 0.3 is 0 Å². The zero-order valence-electron chi connectivity index (χ0n) is 13.4. The molecule has 20 heavy (non-hydrogen) atoms. The third-order valence-corrected chi connectivity index (χ3v) is 2.94. The number of hydrogen-bond donors (Lipinski definition) is 2. The van der Waals surface area contributed by atoms with Crippen molar-refractivity contribution in [2.75, 3.05) is 0 Å². The van der Waals surface area contributed by atoms with Crippen molar-refractivity contribution < 1.29 is 10.2 Å². The molecule has 0 heterocycles. The Hall–Kier alpha value is -1.96. The molecule has 2 aromatic rings. The van der Waals surface area contributed by atoms with E-state index in [4.69, 9.17) is 10.2 Å². The number of phenols is 2. The molecule has 0 saturated carbocycles. The van der Waals surface area contributed by atoms with Gasteiger partial charge in [0.1, 0.15) is 11.5 Å². The first-order valence-corrected chi connectivity index (χ1v) is 6.93. The Morgan fingerprint density at radius 3 is 1.70 bits per heavy atom. The SMILES string of the molecule is CC.Cc1ccc(C)c(O)c1.Cc1cccc(O)c1C. The molecule has 0 atom stereocenters. The lowest BCUT2D eigenvalue weighted by atomic mass is 10.1. The first-order valence-electron chi connectivity index (χ1n) is 6.93. The van der Waals surface area contributed by atoms with E-state index < -0.39 is 0 Å². The van der Waals surface area contributed by atoms with Crippen LogP contribution in [0.2, 0.25) is 0 Å². The summed E-state index contributed by atoms with van der Waals surface area (Å²) in [5.74, 6) is 0.769. The maximum Gasteiger partial charge on any atom is 0.118 e. The van der Waals surface area contributed by atoms with Crippen LogP contribution in [0.15, 0.2) is 36.4 Å². The van der Waals surface area contributed by atoms with Crippen LogP contribution in [-0.2, 0) is 0 Å². The summed E-state index contributed by atoms with van der Waals surface area (Å²) in [7, 11) is 0. The van der Waals surface area contributed by atoms with Gasteiger partial charge in [0.05, 0.1) is 0 Å². The van der Waals surface area contributed by atoms with Gasteiger partial charge in [0.15, 0.2) is 0 Å². The Kier molecular flexibility index (Phi) is 8.14. The zero-order valence-corrected chi connectivity index (χ0v) is 13.4. The van der Waals surface area contributed by atoms with E-state index in [-0.39, 0.29) is 0 Å². The highest BCUT2D eigenvalue weighted by atomic mass is 16.3. The minimum Gasteiger partial charge on any atom is -0.508 e. The van der Waals surface area contributed by atoms with Gasteiger partial charge in [0.2, 0.25) is 0 Å². The summed E-state index contributed by atoms with van der Waals surface area (Å²) in [4.78, 5) is 0. The van der Waals surface area contributed by atoms with Crippen molar-refractivity contribution >= 4 is 0 Å². The standard InChI is InChI=1S/2C8H10O.C2H6/c1-6-3-4-7(2)8(9)5-6;1-6-4-3-5-8(9)7(6)2;1-2/h2*3-5,9H,1-2H3;1-2H3. The summed E-state index contributed by atoms with van der Waals surface area (Å²) in [5, 5.41) is 18.2. The van der Waals surface area contributed by atoms with Crippen LogP contribution >= 0.6 is 0 Å². The Balaban J connectivity index is 0.000000321. The predicted molar refractivity (Wildman–Crippen MR) is 86.5 cm³/mol. The number of benzene rings is 2. The highest BCUT2D eigenvalue weighted by Gasteiger charge is 1.94. The zero-order chi connectivity index (χ0) is 15.7. The average Bonchev–Trinajstić information content (AvgIpc) is 2.43. The third-order valence-electron chi connectivity index (χ3n) is 2.94. The van der Waals surface area contributed by atoms with Gasteiger partial charge in [-0.2, -0.15) is 0 Å². The van der Waals surface area contributed by atoms with Crippen molar-refractivity contribution in [2.24, 2.45) is 0 Å². The quantitative estimate of drug-likeness (QED) is 0.706. The number of rotatable bonds is 0. The largest absolute Gasteiger partial charge is 0.508 e. The Morgan fingerprint density at radius 2 is 1.30 bits per heavy atom. The van der Waals surface area contributed by atoms with Crippen molar-refractivity contribution in [3.8, 4) is 11.5 Å². The molecule has 2 heteroatoms. The third kappa shape index (κ3) is 5.79. The molecule has 0 aliphatic heterocycles. The van der Waals surface area contributed by atoms with E-state index in [0.29, 0.717) is 11.5 Å². The molecule has 110 valence electrons. The van der Waals surface area contributed by atoms with Gasteiger partial charge < -0.3 is 10.2 Å². The Morgan fingerprint density at radius 1 is 0.700 bits per heavy atom. The Labute approximate surface area is 122 Å². The van der Waals surface area contributed by atoms with E-state index in [0.717, 1.165) is 22.3 Å². The molecular formula is C18H26O2. The molecule has 2 nitrogen and oxygen atoms in total. The fourth-order valence-electron chi connectivity index (χ4n) is 1.46. The minimum atomic E-state index is 0.384. The highest BCUT2D eigenvalue weighted by Crippen LogP contribution is 2.17. The van der Waals surface area contributed by atoms with Gasteiger partial charge in [-0.05, 0) is 62.1 Å². The minimum absolute atomic E-state index is 0.384. The second kappa shape index (κ2) is 9.03. The van der Waals surface area contributed by atoms with E-state index in [1.165, 1.54) is 0 Å². The topological polar surface area (TPSA) is 40.5 Å². The van der Waals surface area contributed by atoms with Crippen LogP contribution in [-0.4, -0.2) is 10.2 Å². The molecule has 0 aromatic heterocycles. The normalized spacial score (nSPS) is 8.90. The number of phenolic OH excluding ortho intramolecular Hbond substituents is 2. The van der Waals surface area contributed by atoms with E-state index in [9.17, 15) is 0 Å². The molecule has 0 aliphatic rings. The second-order valence-corrected chi connectivity index (χ2v) is 4.51. The summed E-state index contributed by atoms with van der Waals surface area (Å²) in [6.07, 6.45) is 0. The van der Waals surface area contributed by atoms with Gasteiger partial charge in [-0.1, -0.05) is 38.1 Å². The van der Waals surface area contributed by atoms with Gasteiger partial charge in [-0.15, -0.1) is 0 Å². The lowest BCUT2D eigenvalue weighted by Crippen LogP contribution is -1.78. The fraction of sp³-hybridized carbons (Fsp3) is 0.333. The van der Waals surface area contributed by atoms with Crippen LogP contribution in [0.4, 0.5) is 0 Å². The first-order chi connectivity index (χ1) is 9.41. The monoisotopic (exact) mass is 274 g/mol. The molecule has 0 amide bonds. The van der Waals surface area contributed by atoms with E-state index in [1.807, 2.05) is 65.8 Å². The lowest BCUT2D eigenvalue weighted by Gasteiger charge is -1.99. The molecular weight excluding hydrogens is 248 g/mol. The number of aryl methyl sites for hydroxylation is 3. The molecule has 0 unspecified atom stereocenters. The summed E-state index contributed by atoms with van der Waals surface area (Å²) in [5.41, 5.74) is 4.13. The van der Waals surface area contributed by atoms with Crippen molar-refractivity contribution in [1.29, 1.82) is 0 Å². The number of hydrogen-bond acceptors (Lipinski definition) is 2. The van der Waals surface area contributed by atoms with Crippen LogP contribution in [0, 0.1) is 27.7 Å². The molecule has 0 aliphatic carbocycles. The fourth-order valence-corrected chi connectivity index (χ4v) is 1.46. The smallest absolute Gasteiger partial charge is 0.118 e. The van der Waals surface area contributed by atoms with E-state index >= 15 is 0 Å². The summed E-state index contributed by atoms with van der Waals surface area (Å²) in [6, 6.07) is 11.2. The molecule has 0 saturated heterocycles. The predicted octanol–water partition coefficient (Wildman–Crippen LogP) is 5.04. The summed E-state index contributed by atoms with van der Waals surface area (Å²) in [6.45, 7) is 11.7. The highest BCUT2D eigenvalue weighted by molar-refractivity contribution is 5.36. The molecule has 0 bridgehead atoms. The molecule has 0 fully saturated rings. The van der Waals surface area contributed by atoms with E-state index in [2.05, 4.69) is 0 Å². The van der Waals surface area contributed by atoms with Crippen LogP contribution in [0.25, 0.3) is 0 Å². The summed E-state index contributed by atoms with van der Waals surface area (Å²) < 4.78 is 0. The Bertz CT molecular complexity index is 511. The van der Waals surface area contributed by atoms with E-state index in [1.54, 1.807) is 12.1 Å². The molecule has 2 rings (SSSR count).